The van der Waals surface area contributed by atoms with Gasteiger partial charge in [-0.1, -0.05) is 43.9 Å². The van der Waals surface area contributed by atoms with Crippen LogP contribution in [0.4, 0.5) is 0 Å². The van der Waals surface area contributed by atoms with E-state index < -0.39 is 12.0 Å². The van der Waals surface area contributed by atoms with Crippen molar-refractivity contribution in [2.45, 2.75) is 63.5 Å². The fourth-order valence-electron chi connectivity index (χ4n) is 2.47. The van der Waals surface area contributed by atoms with Crippen molar-refractivity contribution in [2.24, 2.45) is 17.2 Å². The number of carboxylic acid groups (broad SMARTS) is 1. The molecule has 0 aliphatic heterocycles. The number of unbranched alkanes of at least 4 members (excludes halogenated alkanes) is 1. The van der Waals surface area contributed by atoms with E-state index in [1.807, 2.05) is 6.07 Å². The number of aliphatic carboxylic acids is 1. The fourth-order valence-corrected chi connectivity index (χ4v) is 2.47. The minimum absolute atomic E-state index is 0.428. The normalized spacial score (nSPS) is 14.4. The van der Waals surface area contributed by atoms with Gasteiger partial charge in [-0.05, 0) is 38.3 Å². The van der Waals surface area contributed by atoms with E-state index in [1.165, 1.54) is 32.1 Å². The smallest absolute Gasteiger partial charge is 0.320 e. The molecule has 27 heavy (non-hydrogen) atoms. The van der Waals surface area contributed by atoms with Crippen molar-refractivity contribution in [1.29, 1.82) is 5.26 Å². The minimum atomic E-state index is -0.933. The number of benzene rings is 1. The molecule has 1 aliphatic rings. The lowest BCUT2D eigenvalue weighted by molar-refractivity contribution is -0.138. The van der Waals surface area contributed by atoms with Gasteiger partial charge in [-0.2, -0.15) is 5.26 Å². The molecule has 1 fully saturated rings. The second-order valence-corrected chi connectivity index (χ2v) is 6.44. The van der Waals surface area contributed by atoms with Gasteiger partial charge in [-0.3, -0.25) is 9.59 Å². The second kappa shape index (κ2) is 15.9. The minimum Gasteiger partial charge on any atom is -0.480 e. The van der Waals surface area contributed by atoms with Crippen molar-refractivity contribution in [3.8, 4) is 6.07 Å². The first-order valence-corrected chi connectivity index (χ1v) is 9.34. The van der Waals surface area contributed by atoms with Gasteiger partial charge >= 0.3 is 5.97 Å². The zero-order valence-corrected chi connectivity index (χ0v) is 15.8. The van der Waals surface area contributed by atoms with Crippen LogP contribution in [-0.4, -0.2) is 36.0 Å². The summed E-state index contributed by atoms with van der Waals surface area (Å²) >= 11 is 0. The highest BCUT2D eigenvalue weighted by atomic mass is 16.4. The molecule has 7 heteroatoms. The molecule has 0 spiro atoms. The summed E-state index contributed by atoms with van der Waals surface area (Å²) in [6, 6.07) is 8.42. The monoisotopic (exact) mass is 376 g/mol. The molecule has 1 aliphatic carbocycles. The SMILES string of the molecule is N#Cc1ccccc1C=O.NC1CCCCC1.NCCCCC(N)C(=O)O. The summed E-state index contributed by atoms with van der Waals surface area (Å²) in [5, 5.41) is 16.8. The van der Waals surface area contributed by atoms with E-state index in [0.717, 1.165) is 12.8 Å². The predicted octanol–water partition coefficient (Wildman–Crippen LogP) is 2.18. The molecule has 1 saturated carbocycles. The van der Waals surface area contributed by atoms with Crippen molar-refractivity contribution >= 4 is 12.3 Å². The Balaban J connectivity index is 0.000000382. The highest BCUT2D eigenvalue weighted by molar-refractivity contribution is 5.78. The van der Waals surface area contributed by atoms with Gasteiger partial charge in [0, 0.05) is 11.6 Å². The second-order valence-electron chi connectivity index (χ2n) is 6.44. The average molecular weight is 377 g/mol. The average Bonchev–Trinajstić information content (AvgIpc) is 2.69. The van der Waals surface area contributed by atoms with Crippen LogP contribution in [-0.2, 0) is 4.79 Å². The van der Waals surface area contributed by atoms with Crippen molar-refractivity contribution < 1.29 is 14.7 Å². The Morgan fingerprint density at radius 1 is 1.26 bits per heavy atom. The van der Waals surface area contributed by atoms with Crippen LogP contribution >= 0.6 is 0 Å². The van der Waals surface area contributed by atoms with Crippen LogP contribution in [0.2, 0.25) is 0 Å². The molecule has 0 amide bonds. The Morgan fingerprint density at radius 2 is 1.89 bits per heavy atom. The number of carbonyl (C=O) groups excluding carboxylic acids is 1. The van der Waals surface area contributed by atoms with Crippen LogP contribution in [0, 0.1) is 11.3 Å². The number of aldehydes is 1. The van der Waals surface area contributed by atoms with E-state index in [-0.39, 0.29) is 0 Å². The van der Waals surface area contributed by atoms with Crippen LogP contribution in [0.3, 0.4) is 0 Å². The van der Waals surface area contributed by atoms with Crippen LogP contribution in [0.1, 0.15) is 67.3 Å². The van der Waals surface area contributed by atoms with E-state index in [2.05, 4.69) is 0 Å². The molecule has 7 nitrogen and oxygen atoms in total. The Morgan fingerprint density at radius 3 is 2.30 bits per heavy atom. The van der Waals surface area contributed by atoms with E-state index in [9.17, 15) is 9.59 Å². The number of carboxylic acids is 1. The number of hydrogen-bond donors (Lipinski definition) is 4. The molecule has 1 unspecified atom stereocenters. The number of nitrogens with zero attached hydrogens (tertiary/aromatic N) is 1. The fraction of sp³-hybridized carbons (Fsp3) is 0.550. The topological polar surface area (TPSA) is 156 Å². The Kier molecular flexibility index (Phi) is 14.6. The molecule has 0 heterocycles. The molecule has 0 bridgehead atoms. The predicted molar refractivity (Wildman–Crippen MR) is 106 cm³/mol. The summed E-state index contributed by atoms with van der Waals surface area (Å²) in [4.78, 5) is 20.4. The van der Waals surface area contributed by atoms with E-state index >= 15 is 0 Å². The molecule has 7 N–H and O–H groups in total. The van der Waals surface area contributed by atoms with E-state index in [4.69, 9.17) is 27.6 Å². The van der Waals surface area contributed by atoms with Gasteiger partial charge in [-0.15, -0.1) is 0 Å². The van der Waals surface area contributed by atoms with Gasteiger partial charge in [0.2, 0.25) is 0 Å². The summed E-state index contributed by atoms with van der Waals surface area (Å²) in [6.45, 7) is 0.604. The first-order valence-electron chi connectivity index (χ1n) is 9.34. The van der Waals surface area contributed by atoms with Crippen LogP contribution in [0.5, 0.6) is 0 Å². The van der Waals surface area contributed by atoms with E-state index in [0.29, 0.717) is 36.4 Å². The van der Waals surface area contributed by atoms with Gasteiger partial charge in [0.1, 0.15) is 6.04 Å². The molecule has 1 aromatic rings. The third kappa shape index (κ3) is 12.7. The van der Waals surface area contributed by atoms with Crippen molar-refractivity contribution in [3.05, 3.63) is 35.4 Å². The largest absolute Gasteiger partial charge is 0.480 e. The quantitative estimate of drug-likeness (QED) is 0.438. The lowest BCUT2D eigenvalue weighted by Crippen LogP contribution is -2.29. The number of nitrogens with two attached hydrogens (primary N) is 3. The Hall–Kier alpha value is -2.27. The van der Waals surface area contributed by atoms with Gasteiger partial charge in [0.15, 0.2) is 6.29 Å². The lowest BCUT2D eigenvalue weighted by atomic mass is 9.97. The molecule has 150 valence electrons. The summed E-state index contributed by atoms with van der Waals surface area (Å²) in [5.41, 5.74) is 16.9. The third-order valence-electron chi connectivity index (χ3n) is 4.14. The number of hydrogen-bond acceptors (Lipinski definition) is 6. The molecular formula is C20H32N4O3. The Labute approximate surface area is 161 Å². The Bertz CT molecular complexity index is 581. The van der Waals surface area contributed by atoms with Gasteiger partial charge in [0.05, 0.1) is 11.6 Å². The van der Waals surface area contributed by atoms with Crippen LogP contribution < -0.4 is 17.2 Å². The maximum Gasteiger partial charge on any atom is 0.320 e. The highest BCUT2D eigenvalue weighted by Crippen LogP contribution is 2.14. The molecular weight excluding hydrogens is 344 g/mol. The number of rotatable bonds is 6. The molecule has 0 saturated heterocycles. The molecule has 1 atom stereocenters. The summed E-state index contributed by atoms with van der Waals surface area (Å²) in [5.74, 6) is -0.933. The lowest BCUT2D eigenvalue weighted by Gasteiger charge is -2.15. The van der Waals surface area contributed by atoms with E-state index in [1.54, 1.807) is 24.3 Å². The standard InChI is InChI=1S/C8H5NO.C6H14N2O2.C6H13N/c9-5-7-3-1-2-4-8(7)6-10;7-4-2-1-3-5(8)6(9)10;7-6-4-2-1-3-5-6/h1-4,6H;5H,1-4,7-8H2,(H,9,10);6H,1-5,7H2. The van der Waals surface area contributed by atoms with Gasteiger partial charge in [0.25, 0.3) is 0 Å². The summed E-state index contributed by atoms with van der Waals surface area (Å²) in [6.07, 6.45) is 9.51. The third-order valence-corrected chi connectivity index (χ3v) is 4.14. The van der Waals surface area contributed by atoms with Crippen molar-refractivity contribution in [1.82, 2.24) is 0 Å². The summed E-state index contributed by atoms with van der Waals surface area (Å²) in [7, 11) is 0. The number of nitriles is 1. The zero-order chi connectivity index (χ0) is 20.5. The van der Waals surface area contributed by atoms with Crippen LogP contribution in [0.25, 0.3) is 0 Å². The maximum absolute atomic E-state index is 10.2. The van der Waals surface area contributed by atoms with Crippen molar-refractivity contribution in [3.63, 3.8) is 0 Å². The highest BCUT2D eigenvalue weighted by Gasteiger charge is 2.09. The molecule has 0 aromatic heterocycles. The first-order chi connectivity index (χ1) is 13.0. The summed E-state index contributed by atoms with van der Waals surface area (Å²) < 4.78 is 0. The zero-order valence-electron chi connectivity index (χ0n) is 15.8. The van der Waals surface area contributed by atoms with Gasteiger partial charge < -0.3 is 22.3 Å². The maximum atomic E-state index is 10.2. The first kappa shape index (κ1) is 24.7. The molecule has 0 radical (unpaired) electrons. The number of carbonyl (C=O) groups is 2. The van der Waals surface area contributed by atoms with Gasteiger partial charge in [-0.25, -0.2) is 0 Å². The van der Waals surface area contributed by atoms with Crippen molar-refractivity contribution in [2.75, 3.05) is 6.54 Å². The van der Waals surface area contributed by atoms with Crippen LogP contribution in [0.15, 0.2) is 24.3 Å². The molecule has 1 aromatic carbocycles. The molecule has 2 rings (SSSR count).